The van der Waals surface area contributed by atoms with E-state index < -0.39 is 0 Å². The number of likely N-dealkylation sites (tertiary alicyclic amines) is 1. The third kappa shape index (κ3) is 4.21. The lowest BCUT2D eigenvalue weighted by atomic mass is 9.85. The van der Waals surface area contributed by atoms with Gasteiger partial charge in [0.05, 0.1) is 6.04 Å². The Morgan fingerprint density at radius 1 is 1.16 bits per heavy atom. The first-order valence-corrected chi connectivity index (χ1v) is 9.95. The van der Waals surface area contributed by atoms with Crippen molar-refractivity contribution < 1.29 is 4.79 Å². The van der Waals surface area contributed by atoms with E-state index in [-0.39, 0.29) is 11.9 Å². The van der Waals surface area contributed by atoms with Crippen LogP contribution in [0.3, 0.4) is 0 Å². The highest BCUT2D eigenvalue weighted by Crippen LogP contribution is 2.33. The Morgan fingerprint density at radius 3 is 2.68 bits per heavy atom. The molecule has 5 nitrogen and oxygen atoms in total. The van der Waals surface area contributed by atoms with Crippen LogP contribution >= 0.6 is 0 Å². The standard InChI is InChI=1S/C20H30N4O/c25-20(19-13-16-3-1-2-4-18(16)23-19)22-17-7-11-24(12-8-17)14-15-5-9-21-10-6-15/h5-6,9-10,16-19,23H,1-4,7-8,11-14H2,(H,22,25). The fourth-order valence-corrected chi connectivity index (χ4v) is 4.80. The van der Waals surface area contributed by atoms with E-state index in [1.165, 1.54) is 31.2 Å². The molecule has 136 valence electrons. The van der Waals surface area contributed by atoms with Crippen molar-refractivity contribution in [3.05, 3.63) is 30.1 Å². The molecular weight excluding hydrogens is 312 g/mol. The van der Waals surface area contributed by atoms with Crippen molar-refractivity contribution in [2.24, 2.45) is 5.92 Å². The maximum atomic E-state index is 12.6. The minimum absolute atomic E-state index is 0.0444. The molecule has 1 saturated carbocycles. The Bertz CT molecular complexity index is 556. The fraction of sp³-hybridized carbons (Fsp3) is 0.700. The Labute approximate surface area is 150 Å². The summed E-state index contributed by atoms with van der Waals surface area (Å²) in [7, 11) is 0. The van der Waals surface area contributed by atoms with E-state index in [9.17, 15) is 4.79 Å². The first-order valence-electron chi connectivity index (χ1n) is 9.95. The molecule has 0 bridgehead atoms. The molecule has 2 saturated heterocycles. The van der Waals surface area contributed by atoms with Gasteiger partial charge in [0, 0.05) is 44.1 Å². The van der Waals surface area contributed by atoms with Gasteiger partial charge in [-0.15, -0.1) is 0 Å². The van der Waals surface area contributed by atoms with Crippen LogP contribution in [0.2, 0.25) is 0 Å². The second-order valence-corrected chi connectivity index (χ2v) is 8.02. The van der Waals surface area contributed by atoms with E-state index in [2.05, 4.69) is 32.7 Å². The van der Waals surface area contributed by atoms with Crippen LogP contribution < -0.4 is 10.6 Å². The third-order valence-corrected chi connectivity index (χ3v) is 6.27. The predicted octanol–water partition coefficient (Wildman–Crippen LogP) is 2.08. The molecule has 3 unspecified atom stereocenters. The summed E-state index contributed by atoms with van der Waals surface area (Å²) in [5.74, 6) is 0.966. The lowest BCUT2D eigenvalue weighted by Gasteiger charge is -2.32. The number of hydrogen-bond acceptors (Lipinski definition) is 4. The maximum Gasteiger partial charge on any atom is 0.237 e. The largest absolute Gasteiger partial charge is 0.352 e. The number of fused-ring (bicyclic) bond motifs is 1. The average Bonchev–Trinajstić information content (AvgIpc) is 3.09. The predicted molar refractivity (Wildman–Crippen MR) is 98.0 cm³/mol. The second-order valence-electron chi connectivity index (χ2n) is 8.02. The molecule has 1 aliphatic carbocycles. The van der Waals surface area contributed by atoms with E-state index in [0.717, 1.165) is 44.8 Å². The zero-order chi connectivity index (χ0) is 17.1. The van der Waals surface area contributed by atoms with E-state index in [4.69, 9.17) is 0 Å². The van der Waals surface area contributed by atoms with E-state index in [0.29, 0.717) is 12.1 Å². The lowest BCUT2D eigenvalue weighted by Crippen LogP contribution is -2.50. The van der Waals surface area contributed by atoms with Crippen molar-refractivity contribution in [1.82, 2.24) is 20.5 Å². The maximum absolute atomic E-state index is 12.6. The molecule has 1 aromatic heterocycles. The molecule has 2 aliphatic heterocycles. The molecule has 5 heteroatoms. The van der Waals surface area contributed by atoms with Gasteiger partial charge < -0.3 is 10.6 Å². The van der Waals surface area contributed by atoms with Crippen LogP contribution in [-0.4, -0.2) is 47.0 Å². The van der Waals surface area contributed by atoms with Crippen LogP contribution in [-0.2, 0) is 11.3 Å². The van der Waals surface area contributed by atoms with Crippen LogP contribution in [0.25, 0.3) is 0 Å². The summed E-state index contributed by atoms with van der Waals surface area (Å²) in [5, 5.41) is 6.91. The second kappa shape index (κ2) is 7.83. The molecule has 3 atom stereocenters. The van der Waals surface area contributed by atoms with Gasteiger partial charge >= 0.3 is 0 Å². The summed E-state index contributed by atoms with van der Waals surface area (Å²) in [6.45, 7) is 3.09. The molecule has 0 radical (unpaired) electrons. The summed E-state index contributed by atoms with van der Waals surface area (Å²) in [6, 6.07) is 5.14. The Hall–Kier alpha value is -1.46. The Kier molecular flexibility index (Phi) is 5.32. The molecule has 3 fully saturated rings. The van der Waals surface area contributed by atoms with Gasteiger partial charge in [-0.3, -0.25) is 14.7 Å². The van der Waals surface area contributed by atoms with Gasteiger partial charge in [-0.25, -0.2) is 0 Å². The minimum atomic E-state index is 0.0444. The number of carbonyl (C=O) groups excluding carboxylic acids is 1. The minimum Gasteiger partial charge on any atom is -0.352 e. The number of aromatic nitrogens is 1. The van der Waals surface area contributed by atoms with Crippen molar-refractivity contribution >= 4 is 5.91 Å². The van der Waals surface area contributed by atoms with Crippen molar-refractivity contribution in [2.75, 3.05) is 13.1 Å². The fourth-order valence-electron chi connectivity index (χ4n) is 4.80. The molecule has 0 spiro atoms. The number of pyridine rings is 1. The number of piperidine rings is 1. The SMILES string of the molecule is O=C(NC1CCN(Cc2ccncc2)CC1)C1CC2CCCCC2N1. The Morgan fingerprint density at radius 2 is 1.92 bits per heavy atom. The zero-order valence-electron chi connectivity index (χ0n) is 15.0. The van der Waals surface area contributed by atoms with E-state index in [1.54, 1.807) is 0 Å². The molecule has 1 aromatic rings. The van der Waals surface area contributed by atoms with Gasteiger partial charge in [0.1, 0.15) is 0 Å². The first kappa shape index (κ1) is 17.0. The lowest BCUT2D eigenvalue weighted by molar-refractivity contribution is -0.123. The first-order chi connectivity index (χ1) is 12.3. The highest BCUT2D eigenvalue weighted by Gasteiger charge is 2.38. The van der Waals surface area contributed by atoms with Crippen molar-refractivity contribution in [2.45, 2.75) is 69.6 Å². The third-order valence-electron chi connectivity index (χ3n) is 6.27. The highest BCUT2D eigenvalue weighted by molar-refractivity contribution is 5.82. The molecule has 25 heavy (non-hydrogen) atoms. The van der Waals surface area contributed by atoms with E-state index in [1.807, 2.05) is 12.4 Å². The number of nitrogens with one attached hydrogen (secondary N) is 2. The highest BCUT2D eigenvalue weighted by atomic mass is 16.2. The summed E-state index contributed by atoms with van der Waals surface area (Å²) in [6.07, 6.45) is 12.1. The molecule has 1 amide bonds. The van der Waals surface area contributed by atoms with Crippen molar-refractivity contribution in [3.8, 4) is 0 Å². The van der Waals surface area contributed by atoms with Gasteiger partial charge in [-0.05, 0) is 55.7 Å². The summed E-state index contributed by atoms with van der Waals surface area (Å²) in [4.78, 5) is 19.2. The van der Waals surface area contributed by atoms with Crippen LogP contribution in [0.5, 0.6) is 0 Å². The van der Waals surface area contributed by atoms with Gasteiger partial charge in [-0.1, -0.05) is 12.8 Å². The van der Waals surface area contributed by atoms with Gasteiger partial charge in [-0.2, -0.15) is 0 Å². The van der Waals surface area contributed by atoms with Crippen molar-refractivity contribution in [3.63, 3.8) is 0 Å². The molecule has 2 N–H and O–H groups in total. The smallest absolute Gasteiger partial charge is 0.237 e. The van der Waals surface area contributed by atoms with E-state index >= 15 is 0 Å². The van der Waals surface area contributed by atoms with Gasteiger partial charge in [0.25, 0.3) is 0 Å². The van der Waals surface area contributed by atoms with Gasteiger partial charge in [0.2, 0.25) is 5.91 Å². The molecular formula is C20H30N4O. The summed E-state index contributed by atoms with van der Waals surface area (Å²) >= 11 is 0. The topological polar surface area (TPSA) is 57.3 Å². The Balaban J connectivity index is 1.21. The average molecular weight is 342 g/mol. The number of nitrogens with zero attached hydrogens (tertiary/aromatic N) is 2. The normalized spacial score (nSPS) is 30.8. The monoisotopic (exact) mass is 342 g/mol. The molecule has 4 rings (SSSR count). The quantitative estimate of drug-likeness (QED) is 0.880. The van der Waals surface area contributed by atoms with Crippen LogP contribution in [0, 0.1) is 5.92 Å². The number of rotatable bonds is 4. The summed E-state index contributed by atoms with van der Waals surface area (Å²) in [5.41, 5.74) is 1.32. The molecule has 0 aromatic carbocycles. The molecule has 3 aliphatic rings. The zero-order valence-corrected chi connectivity index (χ0v) is 15.0. The number of carbonyl (C=O) groups is 1. The van der Waals surface area contributed by atoms with Crippen LogP contribution in [0.15, 0.2) is 24.5 Å². The number of hydrogen-bond donors (Lipinski definition) is 2. The van der Waals surface area contributed by atoms with Gasteiger partial charge in [0.15, 0.2) is 0 Å². The van der Waals surface area contributed by atoms with Crippen LogP contribution in [0.1, 0.15) is 50.5 Å². The summed E-state index contributed by atoms with van der Waals surface area (Å²) < 4.78 is 0. The van der Waals surface area contributed by atoms with Crippen molar-refractivity contribution in [1.29, 1.82) is 0 Å². The van der Waals surface area contributed by atoms with Crippen LogP contribution in [0.4, 0.5) is 0 Å². The number of amides is 1. The molecule has 3 heterocycles.